The minimum absolute atomic E-state index is 0.00000180. The lowest BCUT2D eigenvalue weighted by Gasteiger charge is -2.31. The largest absolute Gasteiger partial charge is 0.508 e. The van der Waals surface area contributed by atoms with Gasteiger partial charge in [0.2, 0.25) is 0 Å². The number of benzene rings is 7. The standard InChI is InChI=1S/C77H83N13O18/c91-47-17-20-50-61(42-47)108-62-43-48(92)18-21-51(62)63(50)49-19-16-45(41-60(49)77(106)107)68(97)78-22-2-1-7-46-44-90-36-29-85-74(103)57-13-5-12-56(66(57)95)71(100)81-25-32-88(33-26-84-75(104)58-14-6-15-59(67(58)96)76(105)86-46)38-37-87-30-23-79-69(98)52-8-3-10-54(64(52)93)72(101)82-27-34-89(39-40-90)35-28-83-73(102)55-11-4-9-53(65(55)94)70(99)80-24-31-87/h3-6,8-21,41-43,46,91,93-96H,1-2,7,22-40,44H2,(H,78,97)(H,79,98)(H,80,99)(H,81,100)(H,82,101)(H,83,102)(H,84,104)(H,85,103)(H,86,105)(H,106,107). The number of unbranched alkanes of at least 4 members (excludes halogenated alkanes) is 1. The fourth-order valence-electron chi connectivity index (χ4n) is 13.3. The number of fused-ring (bicyclic) bond motifs is 18. The molecule has 5 aliphatic heterocycles. The number of para-hydroxylation sites is 4. The van der Waals surface area contributed by atoms with E-state index in [1.807, 2.05) is 19.6 Å². The molecule has 6 aliphatic rings. The summed E-state index contributed by atoms with van der Waals surface area (Å²) in [6, 6.07) is 28.4. The monoisotopic (exact) mass is 1480 g/mol. The highest BCUT2D eigenvalue weighted by Gasteiger charge is 2.29. The maximum Gasteiger partial charge on any atom is 0.336 e. The van der Waals surface area contributed by atoms with Crippen molar-refractivity contribution in [2.45, 2.75) is 25.3 Å². The third kappa shape index (κ3) is 18.8. The molecule has 0 fully saturated rings. The Hall–Kier alpha value is -12.5. The highest BCUT2D eigenvalue weighted by Crippen LogP contribution is 2.42. The van der Waals surface area contributed by atoms with E-state index in [1.165, 1.54) is 121 Å². The molecule has 6 aromatic carbocycles. The minimum atomic E-state index is -1.36. The number of amides is 9. The van der Waals surface area contributed by atoms with Gasteiger partial charge in [0.25, 0.3) is 53.2 Å². The van der Waals surface area contributed by atoms with Gasteiger partial charge in [-0.2, -0.15) is 0 Å². The van der Waals surface area contributed by atoms with Gasteiger partial charge in [-0.3, -0.25) is 67.5 Å². The van der Waals surface area contributed by atoms with Crippen LogP contribution in [0.2, 0.25) is 0 Å². The molecule has 6 aromatic rings. The van der Waals surface area contributed by atoms with Crippen LogP contribution in [0, 0.1) is 0 Å². The second-order valence-corrected chi connectivity index (χ2v) is 26.2. The SMILES string of the molecule is O=C(NCCCCC1CN2CCNC(=O)c3cccc(c3O)C(=O)NCCN(CCNC(=O)c3cccc(c3O)C(=O)N1)CCN1CCNC(=O)c3cccc(c3O)C(=O)NCCN(CCNC(=O)c3cccc(c3O)C(=O)NCC1)CC2)c1ccc(-c2c3ccc(=O)cc-3oc3cc(O)ccc23)c(C(=O)O)c1. The first-order chi connectivity index (χ1) is 52.1. The topological polar surface area (TPSA) is 444 Å². The Bertz CT molecular complexity index is 4710. The first-order valence-electron chi connectivity index (χ1n) is 35.4. The van der Waals surface area contributed by atoms with Crippen molar-refractivity contribution in [1.82, 2.24) is 67.5 Å². The van der Waals surface area contributed by atoms with Crippen LogP contribution in [0.3, 0.4) is 0 Å². The van der Waals surface area contributed by atoms with Crippen LogP contribution in [0.4, 0.5) is 0 Å². The van der Waals surface area contributed by atoms with Gasteiger partial charge in [0.05, 0.1) is 50.1 Å². The Morgan fingerprint density at radius 1 is 0.407 bits per heavy atom. The fourth-order valence-corrected chi connectivity index (χ4v) is 13.3. The molecule has 31 heteroatoms. The number of nitrogens with one attached hydrogen (secondary N) is 9. The number of phenolic OH excluding ortho intramolecular Hbond substituents is 5. The maximum atomic E-state index is 14.8. The lowest BCUT2D eigenvalue weighted by molar-refractivity contribution is 0.0695. The number of carboxylic acids is 1. The van der Waals surface area contributed by atoms with Crippen LogP contribution in [0.25, 0.3) is 33.4 Å². The predicted octanol–water partition coefficient (Wildman–Crippen LogP) is 2.95. The molecule has 0 spiro atoms. The van der Waals surface area contributed by atoms with Crippen molar-refractivity contribution in [1.29, 1.82) is 0 Å². The number of hydrogen-bond donors (Lipinski definition) is 15. The smallest absolute Gasteiger partial charge is 0.336 e. The Labute approximate surface area is 618 Å². The van der Waals surface area contributed by atoms with Crippen molar-refractivity contribution < 1.29 is 83.0 Å². The molecule has 108 heavy (non-hydrogen) atoms. The number of carbonyl (C=O) groups excluding carboxylic acids is 9. The average molecular weight is 1480 g/mol. The quantitative estimate of drug-likeness (QED) is 0.0768. The van der Waals surface area contributed by atoms with Crippen LogP contribution in [-0.4, -0.2) is 246 Å². The van der Waals surface area contributed by atoms with Gasteiger partial charge >= 0.3 is 5.97 Å². The number of nitrogens with zero attached hydrogens (tertiary/aromatic N) is 4. The van der Waals surface area contributed by atoms with Crippen molar-refractivity contribution >= 4 is 70.1 Å². The van der Waals surface area contributed by atoms with Gasteiger partial charge in [-0.1, -0.05) is 30.3 Å². The van der Waals surface area contributed by atoms with Gasteiger partial charge in [-0.05, 0) is 110 Å². The van der Waals surface area contributed by atoms with Crippen LogP contribution < -0.4 is 53.3 Å². The molecule has 564 valence electrons. The number of aromatic hydroxyl groups is 5. The maximum absolute atomic E-state index is 14.8. The van der Waals surface area contributed by atoms with Crippen LogP contribution in [0.15, 0.2) is 137 Å². The zero-order chi connectivity index (χ0) is 76.5. The first-order valence-corrected chi connectivity index (χ1v) is 35.4. The molecule has 3 unspecified atom stereocenters. The number of aromatic carboxylic acids is 1. The van der Waals surface area contributed by atoms with Crippen molar-refractivity contribution in [3.63, 3.8) is 0 Å². The van der Waals surface area contributed by atoms with Crippen molar-refractivity contribution in [3.05, 3.63) is 193 Å². The summed E-state index contributed by atoms with van der Waals surface area (Å²) in [6.45, 7) is 1.03. The van der Waals surface area contributed by atoms with E-state index in [0.29, 0.717) is 22.9 Å². The summed E-state index contributed by atoms with van der Waals surface area (Å²) in [4.78, 5) is 160. The Kier molecular flexibility index (Phi) is 25.2. The Morgan fingerprint density at radius 2 is 0.787 bits per heavy atom. The van der Waals surface area contributed by atoms with E-state index in [-0.39, 0.29) is 227 Å². The number of hydrogen-bond acceptors (Lipinski definition) is 21. The van der Waals surface area contributed by atoms with E-state index in [9.17, 15) is 83.4 Å². The Balaban J connectivity index is 0.923. The molecule has 3 atom stereocenters. The van der Waals surface area contributed by atoms with Gasteiger partial charge < -0.3 is 82.9 Å². The molecular formula is C77H83N13O18. The van der Waals surface area contributed by atoms with Gasteiger partial charge in [-0.15, -0.1) is 0 Å². The van der Waals surface area contributed by atoms with E-state index in [0.717, 1.165) is 0 Å². The zero-order valence-corrected chi connectivity index (χ0v) is 58.8. The van der Waals surface area contributed by atoms with Crippen LogP contribution in [-0.2, 0) is 0 Å². The number of phenols is 5. The Morgan fingerprint density at radius 3 is 1.19 bits per heavy atom. The van der Waals surface area contributed by atoms with Gasteiger partial charge in [-0.25, -0.2) is 4.79 Å². The molecule has 1 aliphatic carbocycles. The van der Waals surface area contributed by atoms with E-state index in [4.69, 9.17) is 4.42 Å². The van der Waals surface area contributed by atoms with Crippen molar-refractivity contribution in [2.24, 2.45) is 0 Å². The summed E-state index contributed by atoms with van der Waals surface area (Å²) in [5.74, 6) is -10.1. The summed E-state index contributed by atoms with van der Waals surface area (Å²) in [7, 11) is 0. The summed E-state index contributed by atoms with van der Waals surface area (Å²) in [5, 5.41) is 93.5. The second-order valence-electron chi connectivity index (χ2n) is 26.2. The predicted molar refractivity (Wildman–Crippen MR) is 395 cm³/mol. The molecule has 12 bridgehead atoms. The molecule has 0 aromatic heterocycles. The average Bonchev–Trinajstić information content (AvgIpc) is 0.748. The number of carbonyl (C=O) groups is 10. The summed E-state index contributed by atoms with van der Waals surface area (Å²) in [5.41, 5.74) is -1.11. The molecule has 9 amide bonds. The molecule has 0 saturated heterocycles. The number of rotatable bonds is 8. The van der Waals surface area contributed by atoms with Gasteiger partial charge in [0.15, 0.2) is 5.43 Å². The molecule has 31 nitrogen and oxygen atoms in total. The van der Waals surface area contributed by atoms with E-state index in [1.54, 1.807) is 6.07 Å². The first kappa shape index (κ1) is 76.7. The third-order valence-corrected chi connectivity index (χ3v) is 19.1. The van der Waals surface area contributed by atoms with Crippen molar-refractivity contribution in [2.75, 3.05) is 131 Å². The number of carboxylic acid groups (broad SMARTS) is 1. The lowest BCUT2D eigenvalue weighted by atomic mass is 9.90. The highest BCUT2D eigenvalue weighted by molar-refractivity contribution is 6.10. The minimum Gasteiger partial charge on any atom is -0.508 e. The summed E-state index contributed by atoms with van der Waals surface area (Å²) >= 11 is 0. The highest BCUT2D eigenvalue weighted by atomic mass is 16.4. The van der Waals surface area contributed by atoms with E-state index >= 15 is 0 Å². The van der Waals surface area contributed by atoms with Gasteiger partial charge in [0.1, 0.15) is 40.1 Å². The van der Waals surface area contributed by atoms with Crippen LogP contribution in [0.1, 0.15) is 123 Å². The second kappa shape index (κ2) is 35.6. The van der Waals surface area contributed by atoms with Crippen molar-refractivity contribution in [3.8, 4) is 51.2 Å². The van der Waals surface area contributed by atoms with Crippen LogP contribution >= 0.6 is 0 Å². The van der Waals surface area contributed by atoms with Crippen LogP contribution in [0.5, 0.6) is 28.7 Å². The zero-order valence-electron chi connectivity index (χ0n) is 58.8. The molecule has 12 rings (SSSR count). The van der Waals surface area contributed by atoms with E-state index < -0.39 is 88.2 Å². The summed E-state index contributed by atoms with van der Waals surface area (Å²) < 4.78 is 5.97. The lowest BCUT2D eigenvalue weighted by Crippen LogP contribution is -2.49. The molecule has 0 saturated carbocycles. The van der Waals surface area contributed by atoms with E-state index in [2.05, 4.69) is 47.9 Å². The fraction of sp³-hybridized carbons (Fsp3) is 0.312. The molecule has 0 radical (unpaired) electrons. The molecular weight excluding hydrogens is 1390 g/mol. The molecule has 15 N–H and O–H groups in total. The van der Waals surface area contributed by atoms with Gasteiger partial charge in [0, 0.05) is 171 Å². The third-order valence-electron chi connectivity index (χ3n) is 19.1. The normalized spacial score (nSPS) is 19.5. The summed E-state index contributed by atoms with van der Waals surface area (Å²) in [6.07, 6.45) is 0.773. The molecule has 5 heterocycles.